The smallest absolute Gasteiger partial charge is 0.0311 e. The first-order valence-corrected chi connectivity index (χ1v) is 46.7. The number of rotatable bonds is 12. The fourth-order valence-corrected chi connectivity index (χ4v) is 24.4. The Bertz CT molecular complexity index is 5460. The molecule has 0 heterocycles. The molecule has 0 unspecified atom stereocenters. The second-order valence-electron chi connectivity index (χ2n) is 39.4. The molecule has 0 bridgehead atoms. The van der Waals surface area contributed by atoms with Gasteiger partial charge in [-0.2, -0.15) is 0 Å². The summed E-state index contributed by atoms with van der Waals surface area (Å²) in [7, 11) is 0. The molecular weight excluding hydrogens is 1480 g/mol. The second-order valence-corrected chi connectivity index (χ2v) is 39.4. The minimum atomic E-state index is 0.0349. The molecule has 0 fully saturated rings. The maximum absolute atomic E-state index is 2.39. The van der Waals surface area contributed by atoms with Crippen LogP contribution in [0.1, 0.15) is 280 Å². The summed E-state index contributed by atoms with van der Waals surface area (Å²) in [6, 6.07) is 124. The van der Waals surface area contributed by atoms with Gasteiger partial charge in [-0.05, 0) is 205 Å². The zero-order valence-corrected chi connectivity index (χ0v) is 77.3. The standard InChI is InChI=1S/2C21H26.C19H22.C17H18.3C15H14/c1-19(2,3)21(20(4,5)6)17-13-9-7-11-15(17)16-12-8-10-14-18(16)21;1-3-5-15-21(16-6-4-2)19-13-9-7-11-17(19)18-12-8-10-14-20(18)21;1-3-13-19(14-4-2)17-11-7-5-9-15(17)16-10-6-8-12-18(16)19;1-3-17(4-2)15-11-7-5-9-13(15)14-10-6-8-12-16(14)17;3*1-15(2)13-9-5-3-7-11(13)12-8-4-6-10-14(12)15/h7-14H,1-6H3;7-14H,3-6,15-16H2,1-2H3;5-12H,3-4,13-14H2,1-2H3;5-12H,3-4H2,1-2H3;3*3-10H,1-2H3. The third kappa shape index (κ3) is 15.0. The molecule has 0 aromatic heterocycles. The summed E-state index contributed by atoms with van der Waals surface area (Å²) in [6.07, 6.45) is 15.1. The van der Waals surface area contributed by atoms with Crippen molar-refractivity contribution >= 4 is 0 Å². The van der Waals surface area contributed by atoms with Crippen LogP contribution in [-0.4, -0.2) is 0 Å². The van der Waals surface area contributed by atoms with Crippen molar-refractivity contribution in [2.75, 3.05) is 0 Å². The Kier molecular flexibility index (Phi) is 25.0. The van der Waals surface area contributed by atoms with Crippen LogP contribution in [0.25, 0.3) is 77.9 Å². The number of benzene rings is 14. The molecule has 0 saturated carbocycles. The highest BCUT2D eigenvalue weighted by Gasteiger charge is 2.57. The summed E-state index contributed by atoms with van der Waals surface area (Å²) in [6.45, 7) is 42.0. The molecule has 7 aliphatic rings. The normalized spacial score (nSPS) is 15.6. The minimum Gasteiger partial charge on any atom is -0.0654 e. The molecule has 0 saturated heterocycles. The molecule has 14 aromatic carbocycles. The van der Waals surface area contributed by atoms with Crippen molar-refractivity contribution < 1.29 is 0 Å². The van der Waals surface area contributed by atoms with Crippen LogP contribution in [0.2, 0.25) is 0 Å². The van der Waals surface area contributed by atoms with Crippen LogP contribution in [0.15, 0.2) is 340 Å². The van der Waals surface area contributed by atoms with Crippen molar-refractivity contribution in [3.05, 3.63) is 418 Å². The van der Waals surface area contributed by atoms with E-state index in [1.807, 2.05) is 0 Å². The van der Waals surface area contributed by atoms with Gasteiger partial charge >= 0.3 is 0 Å². The lowest BCUT2D eigenvalue weighted by Gasteiger charge is -2.53. The van der Waals surface area contributed by atoms with E-state index in [4.69, 9.17) is 0 Å². The number of hydrogen-bond donors (Lipinski definition) is 0. The maximum Gasteiger partial charge on any atom is 0.0311 e. The largest absolute Gasteiger partial charge is 0.0654 e. The number of unbranched alkanes of at least 4 members (excludes halogenated alkanes) is 2. The van der Waals surface area contributed by atoms with Crippen molar-refractivity contribution in [2.24, 2.45) is 10.8 Å². The molecule has 0 nitrogen and oxygen atoms in total. The van der Waals surface area contributed by atoms with Crippen LogP contribution < -0.4 is 0 Å². The molecule has 0 atom stereocenters. The number of hydrogen-bond acceptors (Lipinski definition) is 0. The molecular formula is C123H134. The summed E-state index contributed by atoms with van der Waals surface area (Å²) < 4.78 is 0. The van der Waals surface area contributed by atoms with Crippen LogP contribution in [0.3, 0.4) is 0 Å². The average Bonchev–Trinajstić information content (AvgIpc) is 1.53. The molecule has 0 N–H and O–H groups in total. The molecule has 123 heavy (non-hydrogen) atoms. The highest BCUT2D eigenvalue weighted by atomic mass is 14.6. The number of fused-ring (bicyclic) bond motifs is 21. The van der Waals surface area contributed by atoms with E-state index >= 15 is 0 Å². The third-order valence-corrected chi connectivity index (χ3v) is 29.7. The molecule has 0 radical (unpaired) electrons. The van der Waals surface area contributed by atoms with E-state index in [1.165, 1.54) is 211 Å². The Morgan fingerprint density at radius 1 is 0.171 bits per heavy atom. The third-order valence-electron chi connectivity index (χ3n) is 29.7. The first-order chi connectivity index (χ1) is 59.3. The molecule has 21 rings (SSSR count). The topological polar surface area (TPSA) is 0 Å². The van der Waals surface area contributed by atoms with Gasteiger partial charge in [0, 0.05) is 37.9 Å². The van der Waals surface area contributed by atoms with E-state index in [0.717, 1.165) is 0 Å². The quantitative estimate of drug-likeness (QED) is 0.114. The van der Waals surface area contributed by atoms with Gasteiger partial charge in [0.05, 0.1) is 0 Å². The second kappa shape index (κ2) is 35.4. The Hall–Kier alpha value is -10.9. The van der Waals surface area contributed by atoms with E-state index < -0.39 is 0 Å². The van der Waals surface area contributed by atoms with Gasteiger partial charge < -0.3 is 0 Å². The van der Waals surface area contributed by atoms with Crippen LogP contribution in [0.5, 0.6) is 0 Å². The Morgan fingerprint density at radius 3 is 0.488 bits per heavy atom. The molecule has 0 aliphatic heterocycles. The van der Waals surface area contributed by atoms with Gasteiger partial charge in [-0.1, -0.05) is 503 Å². The van der Waals surface area contributed by atoms with Crippen LogP contribution >= 0.6 is 0 Å². The van der Waals surface area contributed by atoms with E-state index in [2.05, 4.69) is 464 Å². The highest BCUT2D eigenvalue weighted by molar-refractivity contribution is 5.87. The molecule has 0 amide bonds. The van der Waals surface area contributed by atoms with Crippen LogP contribution in [-0.2, 0) is 37.9 Å². The van der Waals surface area contributed by atoms with Crippen LogP contribution in [0, 0.1) is 10.8 Å². The average molecular weight is 1610 g/mol. The lowest BCUT2D eigenvalue weighted by Crippen LogP contribution is -2.49. The Labute approximate surface area is 740 Å². The first kappa shape index (κ1) is 87.0. The van der Waals surface area contributed by atoms with Crippen molar-refractivity contribution in [1.29, 1.82) is 0 Å². The minimum absolute atomic E-state index is 0.0349. The fraction of sp³-hybridized carbons (Fsp3) is 0.317. The van der Waals surface area contributed by atoms with Crippen molar-refractivity contribution in [3.8, 4) is 77.9 Å². The van der Waals surface area contributed by atoms with Gasteiger partial charge in [0.2, 0.25) is 0 Å². The lowest BCUT2D eigenvalue weighted by atomic mass is 9.50. The zero-order chi connectivity index (χ0) is 86.7. The maximum atomic E-state index is 2.39. The Balaban J connectivity index is 0.000000112. The SMILES string of the molecule is CC(C)(C)C1(C(C)(C)C)c2ccccc2-c2ccccc21.CC1(C)c2ccccc2-c2ccccc21.CC1(C)c2ccccc2-c2ccccc21.CC1(C)c2ccccc2-c2ccccc21.CCC1(CC)c2ccccc2-c2ccccc21.CCCC1(CCC)c2ccccc2-c2ccccc21.CCCCC1(CCCC)c2ccccc2-c2ccccc21. The van der Waals surface area contributed by atoms with E-state index in [9.17, 15) is 0 Å². The van der Waals surface area contributed by atoms with E-state index in [0.29, 0.717) is 0 Å². The van der Waals surface area contributed by atoms with E-state index in [1.54, 1.807) is 22.3 Å². The summed E-state index contributed by atoms with van der Waals surface area (Å²) in [5.41, 5.74) is 42.5. The first-order valence-electron chi connectivity index (χ1n) is 46.7. The van der Waals surface area contributed by atoms with Crippen LogP contribution in [0.4, 0.5) is 0 Å². The summed E-state index contributed by atoms with van der Waals surface area (Å²) in [5.74, 6) is 0. The molecule has 7 aliphatic carbocycles. The van der Waals surface area contributed by atoms with Gasteiger partial charge in [0.15, 0.2) is 0 Å². The van der Waals surface area contributed by atoms with Crippen molar-refractivity contribution in [2.45, 2.75) is 240 Å². The van der Waals surface area contributed by atoms with Crippen molar-refractivity contribution in [1.82, 2.24) is 0 Å². The molecule has 626 valence electrons. The van der Waals surface area contributed by atoms with Gasteiger partial charge in [0.1, 0.15) is 0 Å². The summed E-state index contributed by atoms with van der Waals surface area (Å²) in [4.78, 5) is 0. The molecule has 0 spiro atoms. The van der Waals surface area contributed by atoms with Crippen molar-refractivity contribution in [3.63, 3.8) is 0 Å². The van der Waals surface area contributed by atoms with Gasteiger partial charge in [-0.15, -0.1) is 0 Å². The lowest BCUT2D eigenvalue weighted by molar-refractivity contribution is 0.0950. The van der Waals surface area contributed by atoms with Gasteiger partial charge in [0.25, 0.3) is 0 Å². The summed E-state index contributed by atoms with van der Waals surface area (Å²) in [5, 5.41) is 0. The summed E-state index contributed by atoms with van der Waals surface area (Å²) >= 11 is 0. The zero-order valence-electron chi connectivity index (χ0n) is 77.3. The Morgan fingerprint density at radius 2 is 0.317 bits per heavy atom. The molecule has 0 heteroatoms. The van der Waals surface area contributed by atoms with E-state index in [-0.39, 0.29) is 48.7 Å². The predicted octanol–water partition coefficient (Wildman–Crippen LogP) is 34.7. The predicted molar refractivity (Wildman–Crippen MR) is 531 cm³/mol. The monoisotopic (exact) mass is 1610 g/mol. The highest BCUT2D eigenvalue weighted by Crippen LogP contribution is 2.65. The molecule has 14 aromatic rings. The fourth-order valence-electron chi connectivity index (χ4n) is 24.4. The van der Waals surface area contributed by atoms with Gasteiger partial charge in [-0.3, -0.25) is 0 Å². The van der Waals surface area contributed by atoms with Gasteiger partial charge in [-0.25, -0.2) is 0 Å².